The van der Waals surface area contributed by atoms with E-state index in [-0.39, 0.29) is 35.8 Å². The lowest BCUT2D eigenvalue weighted by molar-refractivity contribution is -0.131. The van der Waals surface area contributed by atoms with Gasteiger partial charge < -0.3 is 5.11 Å². The third-order valence-corrected chi connectivity index (χ3v) is 14.9. The lowest BCUT2D eigenvalue weighted by Crippen LogP contribution is -2.49. The van der Waals surface area contributed by atoms with Crippen molar-refractivity contribution in [3.8, 4) is 16.3 Å². The normalized spacial score (nSPS) is 25.9. The van der Waals surface area contributed by atoms with Crippen LogP contribution in [0, 0.1) is 36.0 Å². The minimum absolute atomic E-state index is 0.106. The molecule has 4 heterocycles. The number of rotatable bonds is 4. The molecule has 2 saturated heterocycles. The fourth-order valence-corrected chi connectivity index (χ4v) is 11.8. The Balaban J connectivity index is 1.12. The summed E-state index contributed by atoms with van der Waals surface area (Å²) >= 11 is 11.4. The Kier molecular flexibility index (Phi) is 7.85. The van der Waals surface area contributed by atoms with Crippen molar-refractivity contribution in [1.29, 1.82) is 0 Å². The van der Waals surface area contributed by atoms with Gasteiger partial charge in [0.25, 0.3) is 0 Å². The molecule has 3 fully saturated rings. The van der Waals surface area contributed by atoms with Gasteiger partial charge in [-0.15, -0.1) is 11.3 Å². The van der Waals surface area contributed by atoms with Crippen LogP contribution in [0.3, 0.4) is 0 Å². The van der Waals surface area contributed by atoms with Gasteiger partial charge in [-0.1, -0.05) is 69.5 Å². The smallest absolute Gasteiger partial charge is 0.242 e. The van der Waals surface area contributed by atoms with Gasteiger partial charge in [0.2, 0.25) is 23.6 Å². The maximum atomic E-state index is 15.3. The van der Waals surface area contributed by atoms with Crippen LogP contribution >= 0.6 is 38.9 Å². The first kappa shape index (κ1) is 35.3. The average Bonchev–Trinajstić information content (AvgIpc) is 3.86. The molecular formula is C44H34BrClN4O5S. The van der Waals surface area contributed by atoms with Crippen LogP contribution in [0.5, 0.6) is 5.75 Å². The van der Waals surface area contributed by atoms with E-state index in [1.165, 1.54) is 9.80 Å². The van der Waals surface area contributed by atoms with Crippen molar-refractivity contribution in [3.05, 3.63) is 117 Å². The molecule has 0 bridgehead atoms. The molecule has 4 aromatic carbocycles. The summed E-state index contributed by atoms with van der Waals surface area (Å²) in [6.45, 7) is 3.89. The molecule has 56 heavy (non-hydrogen) atoms. The number of halogens is 2. The Hall–Kier alpha value is -5.10. The van der Waals surface area contributed by atoms with Crippen LogP contribution in [-0.2, 0) is 26.2 Å². The van der Waals surface area contributed by atoms with Gasteiger partial charge in [0.05, 0.1) is 33.7 Å². The summed E-state index contributed by atoms with van der Waals surface area (Å²) in [6.07, 6.45) is 2.61. The SMILES string of the molecule is Cc1c(-c2cc(N3C(=O)[C@@H]4C[C@@H]5C(=CC[C@@H]6C(=O)N(c7ccc(Br)cc7)C(=O)[C@@H]65)[C@H](c5ccc(O)c6ccccc56)[C@]4(C)C3=O)n(C)n2)sc2ccc(Cl)cc12. The number of anilines is 2. The highest BCUT2D eigenvalue weighted by Gasteiger charge is 2.68. The summed E-state index contributed by atoms with van der Waals surface area (Å²) in [7, 11) is 1.74. The maximum Gasteiger partial charge on any atom is 0.242 e. The fourth-order valence-electron chi connectivity index (χ4n) is 10.2. The molecular weight excluding hydrogens is 812 g/mol. The van der Waals surface area contributed by atoms with Crippen molar-refractivity contribution in [2.75, 3.05) is 9.80 Å². The molecule has 1 N–H and O–H groups in total. The van der Waals surface area contributed by atoms with Crippen molar-refractivity contribution in [3.63, 3.8) is 0 Å². The number of nitrogens with zero attached hydrogens (tertiary/aromatic N) is 4. The summed E-state index contributed by atoms with van der Waals surface area (Å²) in [6, 6.07) is 25.7. The summed E-state index contributed by atoms with van der Waals surface area (Å²) in [5, 5.41) is 18.8. The first-order chi connectivity index (χ1) is 26.9. The second kappa shape index (κ2) is 12.4. The van der Waals surface area contributed by atoms with E-state index in [1.54, 1.807) is 59.5 Å². The Morgan fingerprint density at radius 3 is 2.39 bits per heavy atom. The number of thiophene rings is 1. The highest BCUT2D eigenvalue weighted by atomic mass is 79.9. The molecule has 12 heteroatoms. The van der Waals surface area contributed by atoms with Gasteiger partial charge in [0, 0.05) is 38.6 Å². The van der Waals surface area contributed by atoms with E-state index >= 15 is 9.59 Å². The summed E-state index contributed by atoms with van der Waals surface area (Å²) in [4.78, 5) is 62.5. The molecule has 4 aliphatic rings. The Labute approximate surface area is 339 Å². The van der Waals surface area contributed by atoms with E-state index in [9.17, 15) is 14.7 Å². The number of allylic oxidation sites excluding steroid dienone is 2. The molecule has 10 rings (SSSR count). The number of carbonyl (C=O) groups excluding carboxylic acids is 4. The number of fused-ring (bicyclic) bond motifs is 6. The third-order valence-electron chi connectivity index (χ3n) is 12.8. The molecule has 280 valence electrons. The van der Waals surface area contributed by atoms with E-state index in [1.807, 2.05) is 62.4 Å². The van der Waals surface area contributed by atoms with Gasteiger partial charge in [0.1, 0.15) is 17.3 Å². The van der Waals surface area contributed by atoms with Crippen LogP contribution < -0.4 is 9.80 Å². The monoisotopic (exact) mass is 844 g/mol. The van der Waals surface area contributed by atoms with Crippen molar-refractivity contribution in [2.24, 2.45) is 36.1 Å². The van der Waals surface area contributed by atoms with E-state index in [0.29, 0.717) is 34.0 Å². The molecule has 2 aliphatic carbocycles. The lowest BCUT2D eigenvalue weighted by Gasteiger charge is -2.49. The highest BCUT2D eigenvalue weighted by Crippen LogP contribution is 2.64. The number of amides is 4. The van der Waals surface area contributed by atoms with Crippen LogP contribution in [-0.4, -0.2) is 38.5 Å². The number of hydrogen-bond acceptors (Lipinski definition) is 7. The second-order valence-electron chi connectivity index (χ2n) is 15.6. The second-order valence-corrected chi connectivity index (χ2v) is 18.0. The Morgan fingerprint density at radius 2 is 1.62 bits per heavy atom. The molecule has 2 aliphatic heterocycles. The Morgan fingerprint density at radius 1 is 0.875 bits per heavy atom. The predicted molar refractivity (Wildman–Crippen MR) is 221 cm³/mol. The minimum Gasteiger partial charge on any atom is -0.507 e. The standard InChI is InChI=1S/C44H34BrClN4O5S/c1-21-30-18-23(46)10-17-35(30)56-39(21)33-20-36(48(3)47-33)50-41(53)32-19-31-28(13-14-29-37(31)42(54)49(40(29)52)24-11-8-22(45)9-12-24)38(44(32,2)43(50)55)27-15-16-34(51)26-7-5-4-6-25(26)27/h4-13,15-18,20,29,31-32,37-38,51H,14,19H2,1-3H3/t29-,31+,32-,37-,38-,44+/m0/s1. The number of hydrogen-bond donors (Lipinski definition) is 1. The maximum absolute atomic E-state index is 15.3. The predicted octanol–water partition coefficient (Wildman–Crippen LogP) is 9.32. The van der Waals surface area contributed by atoms with Crippen molar-refractivity contribution < 1.29 is 24.3 Å². The number of aryl methyl sites for hydroxylation is 2. The van der Waals surface area contributed by atoms with Gasteiger partial charge in [-0.25, -0.2) is 4.90 Å². The zero-order valence-corrected chi connectivity index (χ0v) is 33.7. The molecule has 9 nitrogen and oxygen atoms in total. The molecule has 1 saturated carbocycles. The number of phenols is 1. The largest absolute Gasteiger partial charge is 0.507 e. The number of benzene rings is 4. The first-order valence-corrected chi connectivity index (χ1v) is 20.5. The van der Waals surface area contributed by atoms with E-state index in [2.05, 4.69) is 22.0 Å². The molecule has 6 aromatic rings. The minimum atomic E-state index is -1.27. The highest BCUT2D eigenvalue weighted by molar-refractivity contribution is 9.10. The topological polar surface area (TPSA) is 113 Å². The van der Waals surface area contributed by atoms with Crippen LogP contribution in [0.25, 0.3) is 31.4 Å². The van der Waals surface area contributed by atoms with Crippen molar-refractivity contribution >= 4 is 94.9 Å². The lowest BCUT2D eigenvalue weighted by atomic mass is 9.51. The third kappa shape index (κ3) is 4.80. The molecule has 0 spiro atoms. The van der Waals surface area contributed by atoms with Gasteiger partial charge in [-0.3, -0.25) is 28.8 Å². The van der Waals surface area contributed by atoms with Crippen LogP contribution in [0.1, 0.15) is 36.8 Å². The quantitative estimate of drug-likeness (QED) is 0.140. The van der Waals surface area contributed by atoms with Crippen molar-refractivity contribution in [2.45, 2.75) is 32.6 Å². The summed E-state index contributed by atoms with van der Waals surface area (Å²) in [5.74, 6) is -4.01. The van der Waals surface area contributed by atoms with Crippen molar-refractivity contribution in [1.82, 2.24) is 9.78 Å². The number of carbonyl (C=O) groups is 4. The number of aromatic hydroxyl groups is 1. The molecule has 4 amide bonds. The van der Waals surface area contributed by atoms with Gasteiger partial charge >= 0.3 is 0 Å². The van der Waals surface area contributed by atoms with Gasteiger partial charge in [-0.05, 0) is 103 Å². The van der Waals surface area contributed by atoms with E-state index < -0.39 is 35.0 Å². The number of aromatic nitrogens is 2. The molecule has 2 aromatic heterocycles. The van der Waals surface area contributed by atoms with Crippen LogP contribution in [0.4, 0.5) is 11.5 Å². The van der Waals surface area contributed by atoms with Gasteiger partial charge in [0.15, 0.2) is 0 Å². The molecule has 6 atom stereocenters. The fraction of sp³-hybridized carbons (Fsp3) is 0.250. The van der Waals surface area contributed by atoms with Crippen LogP contribution in [0.15, 0.2) is 101 Å². The summed E-state index contributed by atoms with van der Waals surface area (Å²) in [5.41, 5.74) is 2.56. The number of phenolic OH excluding ortho intramolecular Hbond substituents is 1. The number of imide groups is 2. The molecule has 0 radical (unpaired) electrons. The van der Waals surface area contributed by atoms with Crippen LogP contribution in [0.2, 0.25) is 5.02 Å². The first-order valence-electron chi connectivity index (χ1n) is 18.5. The average molecular weight is 846 g/mol. The molecule has 0 unspecified atom stereocenters. The zero-order valence-electron chi connectivity index (χ0n) is 30.5. The van der Waals surface area contributed by atoms with E-state index in [0.717, 1.165) is 41.5 Å². The zero-order chi connectivity index (χ0) is 38.9. The summed E-state index contributed by atoms with van der Waals surface area (Å²) < 4.78 is 3.47. The van der Waals surface area contributed by atoms with Gasteiger partial charge in [-0.2, -0.15) is 5.10 Å². The van der Waals surface area contributed by atoms with E-state index in [4.69, 9.17) is 16.7 Å². The Bertz CT molecular complexity index is 2780.